The van der Waals surface area contributed by atoms with E-state index in [0.29, 0.717) is 13.0 Å². The van der Waals surface area contributed by atoms with Crippen LogP contribution in [0.3, 0.4) is 0 Å². The summed E-state index contributed by atoms with van der Waals surface area (Å²) < 4.78 is 0. The molecule has 1 aliphatic heterocycles. The molecule has 0 spiro atoms. The molecular formula is C12H16N2O2. The van der Waals surface area contributed by atoms with Crippen LogP contribution in [-0.4, -0.2) is 36.9 Å². The van der Waals surface area contributed by atoms with Gasteiger partial charge in [-0.05, 0) is 19.2 Å². The van der Waals surface area contributed by atoms with Crippen molar-refractivity contribution in [3.05, 3.63) is 30.3 Å². The normalized spacial score (nSPS) is 22.1. The fraction of sp³-hybridized carbons (Fsp3) is 0.417. The van der Waals surface area contributed by atoms with Crippen LogP contribution < -0.4 is 5.48 Å². The molecule has 0 aromatic heterocycles. The number of likely N-dealkylation sites (tertiary alicyclic amines) is 1. The number of rotatable bonds is 3. The summed E-state index contributed by atoms with van der Waals surface area (Å²) in [5.41, 5.74) is 3.68. The molecule has 1 saturated heterocycles. The van der Waals surface area contributed by atoms with Gasteiger partial charge in [-0.25, -0.2) is 0 Å². The quantitative estimate of drug-likeness (QED) is 0.780. The molecule has 4 nitrogen and oxygen atoms in total. The van der Waals surface area contributed by atoms with E-state index in [0.717, 1.165) is 12.2 Å². The molecule has 1 N–H and O–H groups in total. The van der Waals surface area contributed by atoms with E-state index in [1.54, 1.807) is 0 Å². The summed E-state index contributed by atoms with van der Waals surface area (Å²) in [5, 5.41) is 0. The molecule has 0 amide bonds. The largest absolute Gasteiger partial charge is 0.303 e. The first-order valence-corrected chi connectivity index (χ1v) is 5.43. The highest BCUT2D eigenvalue weighted by molar-refractivity contribution is 5.84. The summed E-state index contributed by atoms with van der Waals surface area (Å²) in [4.78, 5) is 19.1. The third-order valence-corrected chi connectivity index (χ3v) is 2.67. The van der Waals surface area contributed by atoms with Gasteiger partial charge in [0.05, 0.1) is 5.69 Å². The van der Waals surface area contributed by atoms with E-state index < -0.39 is 0 Å². The smallest absolute Gasteiger partial charge is 0.166 e. The molecule has 1 aromatic rings. The maximum atomic E-state index is 11.6. The van der Waals surface area contributed by atoms with Crippen LogP contribution in [0.2, 0.25) is 0 Å². The van der Waals surface area contributed by atoms with Crippen molar-refractivity contribution < 1.29 is 9.63 Å². The second-order valence-corrected chi connectivity index (χ2v) is 4.05. The van der Waals surface area contributed by atoms with Gasteiger partial charge in [-0.1, -0.05) is 18.2 Å². The number of piperidine rings is 1. The zero-order chi connectivity index (χ0) is 11.4. The zero-order valence-corrected chi connectivity index (χ0v) is 9.35. The lowest BCUT2D eigenvalue weighted by Gasteiger charge is -2.28. The predicted molar refractivity (Wildman–Crippen MR) is 62.1 cm³/mol. The number of hydrogen-bond acceptors (Lipinski definition) is 4. The number of carbonyl (C=O) groups excluding carboxylic acids is 1. The molecule has 1 atom stereocenters. The molecule has 0 saturated carbocycles. The fourth-order valence-electron chi connectivity index (χ4n) is 1.69. The number of nitrogens with one attached hydrogen (secondary N) is 1. The number of hydrogen-bond donors (Lipinski definition) is 1. The molecule has 1 aliphatic rings. The number of likely N-dealkylation sites (N-methyl/N-ethyl adjacent to an activating group) is 1. The Morgan fingerprint density at radius 3 is 2.88 bits per heavy atom. The number of Topliss-reactive ketones (excluding diaryl/α,β-unsaturated/α-hetero) is 1. The van der Waals surface area contributed by atoms with Gasteiger partial charge in [-0.3, -0.25) is 15.1 Å². The van der Waals surface area contributed by atoms with Crippen LogP contribution in [0.1, 0.15) is 6.42 Å². The summed E-state index contributed by atoms with van der Waals surface area (Å²) in [5.74, 6) is 0.168. The highest BCUT2D eigenvalue weighted by Crippen LogP contribution is 2.11. The number of carbonyl (C=O) groups is 1. The highest BCUT2D eigenvalue weighted by Gasteiger charge is 2.26. The van der Waals surface area contributed by atoms with Gasteiger partial charge in [0.2, 0.25) is 0 Å². The second-order valence-electron chi connectivity index (χ2n) is 4.05. The Morgan fingerprint density at radius 1 is 1.38 bits per heavy atom. The van der Waals surface area contributed by atoms with Gasteiger partial charge in [0.25, 0.3) is 0 Å². The van der Waals surface area contributed by atoms with Gasteiger partial charge in [-0.2, -0.15) is 0 Å². The number of ketones is 1. The highest BCUT2D eigenvalue weighted by atomic mass is 16.7. The average molecular weight is 220 g/mol. The van der Waals surface area contributed by atoms with E-state index in [-0.39, 0.29) is 11.9 Å². The van der Waals surface area contributed by atoms with Crippen molar-refractivity contribution in [2.24, 2.45) is 0 Å². The van der Waals surface area contributed by atoms with Crippen molar-refractivity contribution in [3.63, 3.8) is 0 Å². The molecule has 0 aliphatic carbocycles. The van der Waals surface area contributed by atoms with E-state index in [1.165, 1.54) is 0 Å². The molecule has 2 rings (SSSR count). The van der Waals surface area contributed by atoms with Gasteiger partial charge in [0.1, 0.15) is 0 Å². The summed E-state index contributed by atoms with van der Waals surface area (Å²) >= 11 is 0. The Hall–Kier alpha value is -1.39. The SMILES string of the molecule is CN1CCC(=O)C(ONc2ccccc2)C1. The second kappa shape index (κ2) is 5.09. The fourth-order valence-corrected chi connectivity index (χ4v) is 1.69. The monoisotopic (exact) mass is 220 g/mol. The third kappa shape index (κ3) is 2.81. The first-order chi connectivity index (χ1) is 7.75. The average Bonchev–Trinajstić information content (AvgIpc) is 2.32. The van der Waals surface area contributed by atoms with Gasteiger partial charge in [-0.15, -0.1) is 0 Å². The Labute approximate surface area is 95.2 Å². The lowest BCUT2D eigenvalue weighted by molar-refractivity contribution is -0.133. The minimum atomic E-state index is -0.362. The summed E-state index contributed by atoms with van der Waals surface area (Å²) in [6.45, 7) is 1.47. The topological polar surface area (TPSA) is 41.6 Å². The molecule has 1 heterocycles. The van der Waals surface area contributed by atoms with E-state index in [1.807, 2.05) is 37.4 Å². The van der Waals surface area contributed by atoms with Crippen LogP contribution in [-0.2, 0) is 9.63 Å². The Bertz CT molecular complexity index is 353. The van der Waals surface area contributed by atoms with Gasteiger partial charge in [0, 0.05) is 19.5 Å². The third-order valence-electron chi connectivity index (χ3n) is 2.67. The van der Waals surface area contributed by atoms with Crippen molar-refractivity contribution in [1.29, 1.82) is 0 Å². The van der Waals surface area contributed by atoms with Crippen LogP contribution in [0, 0.1) is 0 Å². The van der Waals surface area contributed by atoms with Crippen molar-refractivity contribution in [3.8, 4) is 0 Å². The molecule has 1 fully saturated rings. The molecule has 16 heavy (non-hydrogen) atoms. The number of nitrogens with zero attached hydrogens (tertiary/aromatic N) is 1. The summed E-state index contributed by atoms with van der Waals surface area (Å²) in [6.07, 6.45) is 0.205. The Morgan fingerprint density at radius 2 is 2.12 bits per heavy atom. The number of para-hydroxylation sites is 1. The van der Waals surface area contributed by atoms with Gasteiger partial charge < -0.3 is 4.90 Å². The maximum absolute atomic E-state index is 11.6. The summed E-state index contributed by atoms with van der Waals surface area (Å²) in [7, 11) is 1.99. The van der Waals surface area contributed by atoms with Gasteiger partial charge in [0.15, 0.2) is 11.9 Å². The Kier molecular flexibility index (Phi) is 3.54. The number of anilines is 1. The van der Waals surface area contributed by atoms with Crippen molar-refractivity contribution in [2.45, 2.75) is 12.5 Å². The Balaban J connectivity index is 1.87. The number of benzene rings is 1. The predicted octanol–water partition coefficient (Wildman–Crippen LogP) is 1.30. The molecular weight excluding hydrogens is 204 g/mol. The van der Waals surface area contributed by atoms with E-state index in [9.17, 15) is 4.79 Å². The first-order valence-electron chi connectivity index (χ1n) is 5.43. The van der Waals surface area contributed by atoms with Crippen LogP contribution in [0.4, 0.5) is 5.69 Å². The summed E-state index contributed by atoms with van der Waals surface area (Å²) in [6, 6.07) is 9.57. The van der Waals surface area contributed by atoms with Crippen LogP contribution in [0.15, 0.2) is 30.3 Å². The van der Waals surface area contributed by atoms with E-state index >= 15 is 0 Å². The van der Waals surface area contributed by atoms with Crippen molar-refractivity contribution in [1.82, 2.24) is 4.90 Å². The molecule has 86 valence electrons. The zero-order valence-electron chi connectivity index (χ0n) is 9.35. The minimum absolute atomic E-state index is 0.168. The standard InChI is InChI=1S/C12H16N2O2/c1-14-8-7-11(15)12(9-14)16-13-10-5-3-2-4-6-10/h2-6,12-13H,7-9H2,1H3. The molecule has 0 bridgehead atoms. The molecule has 1 unspecified atom stereocenters. The van der Waals surface area contributed by atoms with Crippen LogP contribution in [0.25, 0.3) is 0 Å². The van der Waals surface area contributed by atoms with Crippen molar-refractivity contribution >= 4 is 11.5 Å². The lowest BCUT2D eigenvalue weighted by Crippen LogP contribution is -2.44. The van der Waals surface area contributed by atoms with Crippen LogP contribution in [0.5, 0.6) is 0 Å². The van der Waals surface area contributed by atoms with E-state index in [2.05, 4.69) is 10.4 Å². The minimum Gasteiger partial charge on any atom is -0.303 e. The van der Waals surface area contributed by atoms with Gasteiger partial charge >= 0.3 is 0 Å². The molecule has 4 heteroatoms. The molecule has 0 radical (unpaired) electrons. The first kappa shape index (κ1) is 11.1. The molecule has 1 aromatic carbocycles. The van der Waals surface area contributed by atoms with Crippen LogP contribution >= 0.6 is 0 Å². The lowest BCUT2D eigenvalue weighted by atomic mass is 10.1. The maximum Gasteiger partial charge on any atom is 0.166 e. The van der Waals surface area contributed by atoms with Crippen molar-refractivity contribution in [2.75, 3.05) is 25.6 Å². The van der Waals surface area contributed by atoms with E-state index in [4.69, 9.17) is 4.84 Å².